The molecule has 1 aliphatic carbocycles. The topological polar surface area (TPSA) is 77.2 Å². The van der Waals surface area contributed by atoms with Crippen molar-refractivity contribution >= 4 is 28.1 Å². The molecular weight excluding hydrogens is 448 g/mol. The number of hydrogen-bond acceptors (Lipinski definition) is 5. The Hall–Kier alpha value is -2.55. The Labute approximate surface area is 177 Å². The number of halogens is 6. The van der Waals surface area contributed by atoms with Gasteiger partial charge in [0.2, 0.25) is 5.41 Å². The summed E-state index contributed by atoms with van der Waals surface area (Å²) in [4.78, 5) is 14.1. The van der Waals surface area contributed by atoms with Crippen LogP contribution in [0, 0.1) is 28.1 Å². The molecule has 1 aromatic heterocycles. The van der Waals surface area contributed by atoms with E-state index in [-0.39, 0.29) is 16.6 Å². The number of carbonyl (C=O) groups excluding carboxylic acids is 1. The summed E-state index contributed by atoms with van der Waals surface area (Å²) in [5.74, 6) is -4.88. The lowest BCUT2D eigenvalue weighted by Gasteiger charge is -2.44. The lowest BCUT2D eigenvalue weighted by Crippen LogP contribution is -2.60. The molecule has 0 radical (unpaired) electrons. The van der Waals surface area contributed by atoms with Gasteiger partial charge in [0, 0.05) is 10.6 Å². The fourth-order valence-corrected chi connectivity index (χ4v) is 5.57. The van der Waals surface area contributed by atoms with E-state index >= 15 is 0 Å². The van der Waals surface area contributed by atoms with Gasteiger partial charge in [0.15, 0.2) is 0 Å². The predicted octanol–water partition coefficient (Wildman–Crippen LogP) is 5.37. The maximum Gasteiger partial charge on any atom is 0.408 e. The fraction of sp³-hybridized carbons (Fsp3) is 0.526. The van der Waals surface area contributed by atoms with Crippen molar-refractivity contribution in [2.75, 3.05) is 12.0 Å². The van der Waals surface area contributed by atoms with Gasteiger partial charge < -0.3 is 4.74 Å². The van der Waals surface area contributed by atoms with Crippen LogP contribution in [-0.4, -0.2) is 31.3 Å². The minimum Gasteiger partial charge on any atom is -0.465 e. The van der Waals surface area contributed by atoms with E-state index in [9.17, 15) is 36.4 Å². The molecule has 1 N–H and O–H groups in total. The highest BCUT2D eigenvalue weighted by molar-refractivity contribution is 7.17. The van der Waals surface area contributed by atoms with Gasteiger partial charge in [-0.1, -0.05) is 0 Å². The third-order valence-corrected chi connectivity index (χ3v) is 6.85. The number of aryl methyl sites for hydroxylation is 1. The van der Waals surface area contributed by atoms with E-state index in [1.165, 1.54) is 0 Å². The summed E-state index contributed by atoms with van der Waals surface area (Å²) >= 11 is 1.02. The largest absolute Gasteiger partial charge is 0.465 e. The van der Waals surface area contributed by atoms with Crippen LogP contribution in [0.2, 0.25) is 0 Å². The third-order valence-electron chi connectivity index (χ3n) is 5.57. The second-order valence-corrected chi connectivity index (χ2v) is 8.40. The van der Waals surface area contributed by atoms with Crippen LogP contribution in [-0.2, 0) is 17.6 Å². The average molecular weight is 465 g/mol. The van der Waals surface area contributed by atoms with Gasteiger partial charge in [-0.15, -0.1) is 11.3 Å². The number of methoxy groups -OCH3 is 1. The molecule has 1 unspecified atom stereocenters. The molecule has 2 heterocycles. The second-order valence-electron chi connectivity index (χ2n) is 7.32. The van der Waals surface area contributed by atoms with E-state index in [1.807, 2.05) is 0 Å². The van der Waals surface area contributed by atoms with Gasteiger partial charge in [-0.05, 0) is 44.2 Å². The number of thiophene rings is 1. The lowest BCUT2D eigenvalue weighted by molar-refractivity contribution is -0.327. The first-order valence-corrected chi connectivity index (χ1v) is 9.97. The zero-order valence-electron chi connectivity index (χ0n) is 16.4. The molecule has 31 heavy (non-hydrogen) atoms. The van der Waals surface area contributed by atoms with Gasteiger partial charge in [-0.3, -0.25) is 10.3 Å². The second kappa shape index (κ2) is 7.55. The predicted molar refractivity (Wildman–Crippen MR) is 99.9 cm³/mol. The van der Waals surface area contributed by atoms with Crippen LogP contribution in [0.5, 0.6) is 0 Å². The molecule has 0 saturated heterocycles. The normalized spacial score (nSPS) is 21.3. The van der Waals surface area contributed by atoms with Crippen LogP contribution in [0.25, 0.3) is 0 Å². The molecule has 0 bridgehead atoms. The number of allylic oxidation sites excluding steroid dienone is 2. The monoisotopic (exact) mass is 465 g/mol. The van der Waals surface area contributed by atoms with Gasteiger partial charge in [0.25, 0.3) is 0 Å². The molecular formula is C19H17F6N3O2S. The number of fused-ring (bicyclic) bond motifs is 1. The minimum atomic E-state index is -5.87. The number of nitrogens with one attached hydrogen (secondary N) is 1. The number of alkyl halides is 6. The highest BCUT2D eigenvalue weighted by Crippen LogP contribution is 2.59. The molecule has 3 rings (SSSR count). The van der Waals surface area contributed by atoms with Crippen LogP contribution in [0.4, 0.5) is 31.3 Å². The van der Waals surface area contributed by atoms with Crippen LogP contribution < -0.4 is 4.90 Å². The molecule has 12 heteroatoms. The Bertz CT molecular complexity index is 988. The number of ether oxygens (including phenoxy) is 1. The quantitative estimate of drug-likeness (QED) is 0.471. The number of esters is 1. The van der Waals surface area contributed by atoms with Crippen molar-refractivity contribution in [3.63, 3.8) is 0 Å². The minimum absolute atomic E-state index is 0.00398. The molecule has 0 fully saturated rings. The van der Waals surface area contributed by atoms with E-state index < -0.39 is 41.2 Å². The van der Waals surface area contributed by atoms with Gasteiger partial charge in [-0.25, -0.2) is 4.79 Å². The van der Waals surface area contributed by atoms with Gasteiger partial charge >= 0.3 is 18.3 Å². The Morgan fingerprint density at radius 3 is 2.35 bits per heavy atom. The van der Waals surface area contributed by atoms with Gasteiger partial charge in [0.05, 0.1) is 18.7 Å². The smallest absolute Gasteiger partial charge is 0.408 e. The summed E-state index contributed by atoms with van der Waals surface area (Å²) in [7, 11) is 1.11. The van der Waals surface area contributed by atoms with Gasteiger partial charge in [0.1, 0.15) is 16.8 Å². The summed E-state index contributed by atoms with van der Waals surface area (Å²) in [5.41, 5.74) is -4.44. The van der Waals surface area contributed by atoms with Crippen LogP contribution in [0.1, 0.15) is 40.6 Å². The molecule has 5 nitrogen and oxygen atoms in total. The number of rotatable bonds is 2. The highest BCUT2D eigenvalue weighted by atomic mass is 32.1. The first-order chi connectivity index (χ1) is 14.3. The first-order valence-electron chi connectivity index (χ1n) is 9.15. The van der Waals surface area contributed by atoms with E-state index in [2.05, 4.69) is 0 Å². The number of carbonyl (C=O) groups is 1. The fourth-order valence-electron chi connectivity index (χ4n) is 4.12. The van der Waals surface area contributed by atoms with Crippen LogP contribution in [0.3, 0.4) is 0 Å². The average Bonchev–Trinajstić information content (AvgIpc) is 3.04. The molecule has 0 aromatic carbocycles. The Balaban J connectivity index is 2.30. The maximum absolute atomic E-state index is 13.8. The zero-order chi connectivity index (χ0) is 23.4. The van der Waals surface area contributed by atoms with Crippen molar-refractivity contribution in [3.05, 3.63) is 27.8 Å². The first kappa shape index (κ1) is 23.1. The van der Waals surface area contributed by atoms with Gasteiger partial charge in [-0.2, -0.15) is 31.6 Å². The van der Waals surface area contributed by atoms with Crippen molar-refractivity contribution in [2.24, 2.45) is 11.3 Å². The standard InChI is InChI=1S/C19H17F6N3O2S/c1-9-7-17(18(20,21)22,19(23,24)25)11(8-26)14(27)28(9)15-13(16(29)30-2)10-5-3-4-6-12(10)31-15/h7,11,27H,3-6H2,1-2H3. The SMILES string of the molecule is COC(=O)c1c(N2C(=N)C(C#N)C(C(F)(F)F)(C(F)(F)F)C=C2C)sc2c1CCCC2. The Morgan fingerprint density at radius 2 is 1.84 bits per heavy atom. The number of amidine groups is 1. The molecule has 0 amide bonds. The summed E-state index contributed by atoms with van der Waals surface area (Å²) in [6.07, 6.45) is -9.14. The van der Waals surface area contributed by atoms with Crippen LogP contribution in [0.15, 0.2) is 11.8 Å². The molecule has 1 aromatic rings. The molecule has 1 atom stereocenters. The van der Waals surface area contributed by atoms with Crippen molar-refractivity contribution < 1.29 is 35.9 Å². The zero-order valence-corrected chi connectivity index (χ0v) is 17.2. The van der Waals surface area contributed by atoms with E-state index in [0.29, 0.717) is 18.4 Å². The molecule has 0 saturated carbocycles. The van der Waals surface area contributed by atoms with E-state index in [4.69, 9.17) is 10.1 Å². The van der Waals surface area contributed by atoms with Crippen LogP contribution >= 0.6 is 11.3 Å². The number of hydrogen-bond donors (Lipinski definition) is 1. The third kappa shape index (κ3) is 3.30. The highest BCUT2D eigenvalue weighted by Gasteiger charge is 2.76. The van der Waals surface area contributed by atoms with Crippen molar-refractivity contribution in [1.29, 1.82) is 10.7 Å². The Morgan fingerprint density at radius 1 is 1.26 bits per heavy atom. The van der Waals surface area contributed by atoms with E-state index in [1.54, 1.807) is 0 Å². The summed E-state index contributed by atoms with van der Waals surface area (Å²) < 4.78 is 87.3. The summed E-state index contributed by atoms with van der Waals surface area (Å²) in [5, 5.41) is 17.5. The van der Waals surface area contributed by atoms with Crippen molar-refractivity contribution in [1.82, 2.24) is 0 Å². The molecule has 0 spiro atoms. The summed E-state index contributed by atoms with van der Waals surface area (Å²) in [6, 6.07) is 1.04. The lowest BCUT2D eigenvalue weighted by atomic mass is 9.70. The number of anilines is 1. The number of nitriles is 1. The maximum atomic E-state index is 13.8. The Kier molecular flexibility index (Phi) is 5.63. The molecule has 168 valence electrons. The number of nitrogens with zero attached hydrogens (tertiary/aromatic N) is 2. The van der Waals surface area contributed by atoms with Crippen molar-refractivity contribution in [2.45, 2.75) is 45.0 Å². The summed E-state index contributed by atoms with van der Waals surface area (Å²) in [6.45, 7) is 0.994. The molecule has 2 aliphatic rings. The molecule has 1 aliphatic heterocycles. The van der Waals surface area contributed by atoms with Crippen molar-refractivity contribution in [3.8, 4) is 6.07 Å². The van der Waals surface area contributed by atoms with E-state index in [0.717, 1.165) is 54.1 Å².